The van der Waals surface area contributed by atoms with Crippen molar-refractivity contribution in [1.82, 2.24) is 9.13 Å². The number of thioether (sulfide) groups is 1. The highest BCUT2D eigenvalue weighted by Crippen LogP contribution is 2.47. The van der Waals surface area contributed by atoms with Crippen molar-refractivity contribution in [1.29, 1.82) is 0 Å². The number of hydrogen-bond acceptors (Lipinski definition) is 4. The molecule has 1 aromatic heterocycles. The maximum atomic E-state index is 14.6. The fourth-order valence-electron chi connectivity index (χ4n) is 3.40. The molecule has 0 amide bonds. The van der Waals surface area contributed by atoms with E-state index in [1.165, 1.54) is 0 Å². The highest BCUT2D eigenvalue weighted by molar-refractivity contribution is 8.01. The molecule has 0 atom stereocenters. The van der Waals surface area contributed by atoms with E-state index in [1.807, 2.05) is 0 Å². The van der Waals surface area contributed by atoms with E-state index < -0.39 is 45.3 Å². The van der Waals surface area contributed by atoms with E-state index in [0.29, 0.717) is 25.7 Å². The van der Waals surface area contributed by atoms with Crippen molar-refractivity contribution in [2.75, 3.05) is 0 Å². The Morgan fingerprint density at radius 1 is 1.20 bits per heavy atom. The first-order valence-corrected chi connectivity index (χ1v) is 9.89. The first kappa shape index (κ1) is 22.4. The molecule has 6 nitrogen and oxygen atoms in total. The van der Waals surface area contributed by atoms with Gasteiger partial charge in [-0.3, -0.25) is 14.2 Å². The molecule has 1 aliphatic carbocycles. The average Bonchev–Trinajstić information content (AvgIpc) is 3.11. The lowest BCUT2D eigenvalue weighted by Crippen LogP contribution is -2.41. The predicted octanol–water partition coefficient (Wildman–Crippen LogP) is 3.84. The van der Waals surface area contributed by atoms with E-state index in [9.17, 15) is 37.1 Å². The summed E-state index contributed by atoms with van der Waals surface area (Å²) >= 11 is 6.93. The topological polar surface area (TPSA) is 81.3 Å². The van der Waals surface area contributed by atoms with Crippen molar-refractivity contribution < 1.29 is 27.5 Å². The lowest BCUT2D eigenvalue weighted by molar-refractivity contribution is -0.144. The van der Waals surface area contributed by atoms with E-state index in [-0.39, 0.29) is 25.1 Å². The molecule has 0 aliphatic heterocycles. The van der Waals surface area contributed by atoms with Crippen molar-refractivity contribution in [2.24, 2.45) is 7.05 Å². The van der Waals surface area contributed by atoms with Gasteiger partial charge in [0.25, 0.3) is 5.56 Å². The van der Waals surface area contributed by atoms with Gasteiger partial charge in [0.05, 0.1) is 10.7 Å². The molecule has 0 radical (unpaired) electrons. The number of benzene rings is 1. The number of carbonyl (C=O) groups is 1. The number of aliphatic carboxylic acids is 1. The zero-order chi connectivity index (χ0) is 22.4. The van der Waals surface area contributed by atoms with Crippen LogP contribution in [0.3, 0.4) is 0 Å². The standard InChI is InChI=1S/C18H15ClF4N2O4S/c1-24-13(18(21,22)23)8-14(26)25(16(24)29)11-7-12(9(19)6-10(11)20)30-17(15(27)28)4-2-3-5-17/h6-8H,2-5H2,1H3,(H,27,28). The third-order valence-electron chi connectivity index (χ3n) is 4.96. The lowest BCUT2D eigenvalue weighted by Gasteiger charge is -2.24. The fourth-order valence-corrected chi connectivity index (χ4v) is 5.00. The molecule has 1 aliphatic rings. The van der Waals surface area contributed by atoms with Crippen LogP contribution in [0.4, 0.5) is 17.6 Å². The smallest absolute Gasteiger partial charge is 0.431 e. The van der Waals surface area contributed by atoms with Gasteiger partial charge in [0, 0.05) is 18.0 Å². The molecule has 1 aromatic carbocycles. The Bertz CT molecular complexity index is 1140. The van der Waals surface area contributed by atoms with Crippen molar-refractivity contribution in [2.45, 2.75) is 41.5 Å². The van der Waals surface area contributed by atoms with Crippen molar-refractivity contribution >= 4 is 29.3 Å². The summed E-state index contributed by atoms with van der Waals surface area (Å²) in [7, 11) is 0.808. The molecule has 1 heterocycles. The Morgan fingerprint density at radius 2 is 1.80 bits per heavy atom. The van der Waals surface area contributed by atoms with Gasteiger partial charge in [0.1, 0.15) is 16.3 Å². The Morgan fingerprint density at radius 3 is 2.33 bits per heavy atom. The highest BCUT2D eigenvalue weighted by Gasteiger charge is 2.43. The molecule has 2 aromatic rings. The molecule has 3 rings (SSSR count). The van der Waals surface area contributed by atoms with Crippen LogP contribution in [-0.2, 0) is 18.0 Å². The van der Waals surface area contributed by atoms with Gasteiger partial charge in [0.2, 0.25) is 0 Å². The third kappa shape index (κ3) is 3.87. The molecular weight excluding hydrogens is 452 g/mol. The molecule has 0 unspecified atom stereocenters. The summed E-state index contributed by atoms with van der Waals surface area (Å²) in [6.45, 7) is 0. The first-order chi connectivity index (χ1) is 13.9. The second-order valence-electron chi connectivity index (χ2n) is 6.89. The maximum Gasteiger partial charge on any atom is 0.431 e. The van der Waals surface area contributed by atoms with Crippen LogP contribution in [0.2, 0.25) is 5.02 Å². The predicted molar refractivity (Wildman–Crippen MR) is 102 cm³/mol. The van der Waals surface area contributed by atoms with Gasteiger partial charge in [-0.15, -0.1) is 11.8 Å². The highest BCUT2D eigenvalue weighted by atomic mass is 35.5. The lowest BCUT2D eigenvalue weighted by atomic mass is 10.1. The number of carboxylic acids is 1. The number of hydrogen-bond donors (Lipinski definition) is 1. The summed E-state index contributed by atoms with van der Waals surface area (Å²) in [6.07, 6.45) is -2.92. The van der Waals surface area contributed by atoms with Crippen LogP contribution in [-0.4, -0.2) is 25.0 Å². The summed E-state index contributed by atoms with van der Waals surface area (Å²) in [5.74, 6) is -2.19. The van der Waals surface area contributed by atoms with E-state index >= 15 is 0 Å². The van der Waals surface area contributed by atoms with Crippen molar-refractivity contribution in [3.8, 4) is 5.69 Å². The third-order valence-corrected chi connectivity index (χ3v) is 6.92. The summed E-state index contributed by atoms with van der Waals surface area (Å²) < 4.78 is 52.9. The zero-order valence-corrected chi connectivity index (χ0v) is 17.0. The summed E-state index contributed by atoms with van der Waals surface area (Å²) in [5.41, 5.74) is -4.87. The molecule has 30 heavy (non-hydrogen) atoms. The minimum Gasteiger partial charge on any atom is -0.480 e. The Labute approximate surface area is 176 Å². The summed E-state index contributed by atoms with van der Waals surface area (Å²) in [4.78, 5) is 36.6. The van der Waals surface area contributed by atoms with Gasteiger partial charge in [-0.1, -0.05) is 24.4 Å². The maximum absolute atomic E-state index is 14.6. The quantitative estimate of drug-likeness (QED) is 0.692. The van der Waals surface area contributed by atoms with Crippen LogP contribution in [0.15, 0.2) is 32.7 Å². The number of halogens is 5. The van der Waals surface area contributed by atoms with Gasteiger partial charge < -0.3 is 5.11 Å². The van der Waals surface area contributed by atoms with E-state index in [4.69, 9.17) is 11.6 Å². The molecule has 1 saturated carbocycles. The Kier molecular flexibility index (Phi) is 5.80. The number of alkyl halides is 3. The molecular formula is C18H15ClF4N2O4S. The molecule has 0 spiro atoms. The van der Waals surface area contributed by atoms with Crippen LogP contribution in [0.25, 0.3) is 5.69 Å². The van der Waals surface area contributed by atoms with Gasteiger partial charge in [-0.2, -0.15) is 13.2 Å². The van der Waals surface area contributed by atoms with Gasteiger partial charge in [0.15, 0.2) is 0 Å². The normalized spacial score (nSPS) is 16.1. The Hall–Kier alpha value is -2.27. The molecule has 0 bridgehead atoms. The Balaban J connectivity index is 2.18. The van der Waals surface area contributed by atoms with Gasteiger partial charge in [-0.05, 0) is 25.0 Å². The average molecular weight is 467 g/mol. The second-order valence-corrected chi connectivity index (χ2v) is 8.72. The largest absolute Gasteiger partial charge is 0.480 e. The second kappa shape index (κ2) is 7.77. The monoisotopic (exact) mass is 466 g/mol. The first-order valence-electron chi connectivity index (χ1n) is 8.69. The molecule has 1 N–H and O–H groups in total. The SMILES string of the molecule is Cn1c(C(F)(F)F)cc(=O)n(-c2cc(SC3(C(=O)O)CCCC3)c(Cl)cc2F)c1=O. The minimum absolute atomic E-state index is 0.103. The van der Waals surface area contributed by atoms with E-state index in [1.54, 1.807) is 0 Å². The van der Waals surface area contributed by atoms with E-state index in [0.717, 1.165) is 30.9 Å². The van der Waals surface area contributed by atoms with Gasteiger partial charge in [-0.25, -0.2) is 13.8 Å². The fraction of sp³-hybridized carbons (Fsp3) is 0.389. The van der Waals surface area contributed by atoms with Crippen LogP contribution in [0.5, 0.6) is 0 Å². The molecule has 0 saturated heterocycles. The van der Waals surface area contributed by atoms with Gasteiger partial charge >= 0.3 is 17.8 Å². The van der Waals surface area contributed by atoms with Crippen LogP contribution < -0.4 is 11.2 Å². The summed E-state index contributed by atoms with van der Waals surface area (Å²) in [5, 5.41) is 9.50. The van der Waals surface area contributed by atoms with Crippen molar-refractivity contribution in [3.63, 3.8) is 0 Å². The number of carboxylic acid groups (broad SMARTS) is 1. The molecule has 162 valence electrons. The molecule has 1 fully saturated rings. The van der Waals surface area contributed by atoms with Crippen LogP contribution in [0, 0.1) is 5.82 Å². The molecule has 12 heteroatoms. The zero-order valence-electron chi connectivity index (χ0n) is 15.4. The number of rotatable bonds is 4. The van der Waals surface area contributed by atoms with Crippen LogP contribution in [0.1, 0.15) is 31.4 Å². The summed E-state index contributed by atoms with van der Waals surface area (Å²) in [6, 6.07) is 2.01. The van der Waals surface area contributed by atoms with E-state index in [2.05, 4.69) is 0 Å². The minimum atomic E-state index is -4.96. The van der Waals surface area contributed by atoms with Crippen molar-refractivity contribution in [3.05, 3.63) is 55.6 Å². The number of nitrogens with zero attached hydrogens (tertiary/aromatic N) is 2. The number of aromatic nitrogens is 2. The van der Waals surface area contributed by atoms with Crippen LogP contribution >= 0.6 is 23.4 Å².